The molecule has 2 rings (SSSR count). The molecule has 98 valence electrons. The number of halogens is 2. The summed E-state index contributed by atoms with van der Waals surface area (Å²) in [4.78, 5) is 12.0. The largest absolute Gasteiger partial charge is 0.506 e. The Balaban J connectivity index is 2.25. The van der Waals surface area contributed by atoms with Crippen LogP contribution in [0.5, 0.6) is 5.75 Å². The zero-order valence-corrected chi connectivity index (χ0v) is 11.6. The van der Waals surface area contributed by atoms with Crippen molar-refractivity contribution in [2.45, 2.75) is 6.92 Å². The van der Waals surface area contributed by atoms with Crippen molar-refractivity contribution >= 4 is 34.8 Å². The Kier molecular flexibility index (Phi) is 3.98. The van der Waals surface area contributed by atoms with Gasteiger partial charge in [0.05, 0.1) is 5.69 Å². The van der Waals surface area contributed by atoms with Crippen LogP contribution in [0, 0.1) is 6.92 Å². The van der Waals surface area contributed by atoms with Gasteiger partial charge in [-0.3, -0.25) is 4.79 Å². The van der Waals surface area contributed by atoms with Crippen molar-refractivity contribution in [1.29, 1.82) is 0 Å². The van der Waals surface area contributed by atoms with Gasteiger partial charge in [-0.2, -0.15) is 0 Å². The Bertz CT molecular complexity index is 621. The molecule has 0 heterocycles. The molecule has 5 heteroatoms. The maximum atomic E-state index is 12.0. The molecule has 1 amide bonds. The zero-order chi connectivity index (χ0) is 14.0. The predicted molar refractivity (Wildman–Crippen MR) is 77.3 cm³/mol. The number of amides is 1. The van der Waals surface area contributed by atoms with Crippen LogP contribution in [0.4, 0.5) is 5.69 Å². The van der Waals surface area contributed by atoms with Crippen LogP contribution in [0.1, 0.15) is 15.9 Å². The second-order valence-electron chi connectivity index (χ2n) is 4.13. The number of aryl methyl sites for hydroxylation is 1. The number of anilines is 1. The van der Waals surface area contributed by atoms with Crippen molar-refractivity contribution in [3.63, 3.8) is 0 Å². The summed E-state index contributed by atoms with van der Waals surface area (Å²) in [5.74, 6) is -0.370. The number of carbonyl (C=O) groups excluding carboxylic acids is 1. The van der Waals surface area contributed by atoms with E-state index in [0.29, 0.717) is 21.3 Å². The van der Waals surface area contributed by atoms with Crippen LogP contribution in [-0.4, -0.2) is 11.0 Å². The van der Waals surface area contributed by atoms with Gasteiger partial charge in [-0.05, 0) is 42.8 Å². The Morgan fingerprint density at radius 3 is 2.32 bits per heavy atom. The molecule has 0 saturated heterocycles. The summed E-state index contributed by atoms with van der Waals surface area (Å²) in [5.41, 5.74) is 1.57. The van der Waals surface area contributed by atoms with Crippen molar-refractivity contribution in [2.24, 2.45) is 0 Å². The van der Waals surface area contributed by atoms with Crippen LogP contribution in [-0.2, 0) is 0 Å². The molecule has 3 nitrogen and oxygen atoms in total. The summed E-state index contributed by atoms with van der Waals surface area (Å²) in [5, 5.41) is 13.1. The standard InChI is InChI=1S/C14H11Cl2NO2/c1-8-2-3-12(13(18)4-8)17-14(19)9-5-10(15)7-11(16)6-9/h2-7,18H,1H3,(H,17,19). The third-order valence-corrected chi connectivity index (χ3v) is 2.96. The summed E-state index contributed by atoms with van der Waals surface area (Å²) < 4.78 is 0. The first-order chi connectivity index (χ1) is 8.95. The number of aromatic hydroxyl groups is 1. The van der Waals surface area contributed by atoms with Gasteiger partial charge >= 0.3 is 0 Å². The van der Waals surface area contributed by atoms with E-state index in [1.165, 1.54) is 12.1 Å². The number of rotatable bonds is 2. The molecule has 19 heavy (non-hydrogen) atoms. The topological polar surface area (TPSA) is 49.3 Å². The fourth-order valence-electron chi connectivity index (χ4n) is 1.63. The Morgan fingerprint density at radius 1 is 1.11 bits per heavy atom. The van der Waals surface area contributed by atoms with Crippen molar-refractivity contribution in [1.82, 2.24) is 0 Å². The number of hydrogen-bond acceptors (Lipinski definition) is 2. The van der Waals surface area contributed by atoms with Gasteiger partial charge in [0, 0.05) is 15.6 Å². The van der Waals surface area contributed by atoms with Crippen LogP contribution in [0.2, 0.25) is 10.0 Å². The molecule has 0 atom stereocenters. The first-order valence-electron chi connectivity index (χ1n) is 5.53. The highest BCUT2D eigenvalue weighted by molar-refractivity contribution is 6.35. The van der Waals surface area contributed by atoms with Crippen LogP contribution < -0.4 is 5.32 Å². The van der Waals surface area contributed by atoms with Gasteiger partial charge in [-0.15, -0.1) is 0 Å². The second kappa shape index (κ2) is 5.51. The van der Waals surface area contributed by atoms with E-state index in [9.17, 15) is 9.90 Å². The molecular formula is C14H11Cl2NO2. The van der Waals surface area contributed by atoms with E-state index in [2.05, 4.69) is 5.32 Å². The molecule has 0 saturated carbocycles. The Morgan fingerprint density at radius 2 is 1.74 bits per heavy atom. The fraction of sp³-hybridized carbons (Fsp3) is 0.0714. The maximum absolute atomic E-state index is 12.0. The normalized spacial score (nSPS) is 10.3. The average Bonchev–Trinajstić information content (AvgIpc) is 2.31. The van der Waals surface area contributed by atoms with E-state index in [-0.39, 0.29) is 11.7 Å². The molecule has 0 fully saturated rings. The lowest BCUT2D eigenvalue weighted by molar-refractivity contribution is 0.102. The molecule has 2 aromatic carbocycles. The summed E-state index contributed by atoms with van der Waals surface area (Å²) in [6.07, 6.45) is 0. The van der Waals surface area contributed by atoms with Crippen molar-refractivity contribution in [2.75, 3.05) is 5.32 Å². The SMILES string of the molecule is Cc1ccc(NC(=O)c2cc(Cl)cc(Cl)c2)c(O)c1. The molecule has 2 aromatic rings. The van der Waals surface area contributed by atoms with E-state index in [0.717, 1.165) is 5.56 Å². The van der Waals surface area contributed by atoms with Crippen LogP contribution in [0.25, 0.3) is 0 Å². The lowest BCUT2D eigenvalue weighted by atomic mass is 10.2. The molecular weight excluding hydrogens is 285 g/mol. The number of hydrogen-bond donors (Lipinski definition) is 2. The van der Waals surface area contributed by atoms with Gasteiger partial charge in [0.15, 0.2) is 0 Å². The number of nitrogens with one attached hydrogen (secondary N) is 1. The molecule has 2 N–H and O–H groups in total. The van der Waals surface area contributed by atoms with E-state index in [1.54, 1.807) is 24.3 Å². The van der Waals surface area contributed by atoms with Gasteiger partial charge in [0.2, 0.25) is 0 Å². The average molecular weight is 296 g/mol. The molecule has 0 radical (unpaired) electrons. The minimum Gasteiger partial charge on any atom is -0.506 e. The van der Waals surface area contributed by atoms with E-state index < -0.39 is 0 Å². The van der Waals surface area contributed by atoms with Crippen LogP contribution >= 0.6 is 23.2 Å². The third kappa shape index (κ3) is 3.40. The van der Waals surface area contributed by atoms with Crippen molar-refractivity contribution in [3.05, 3.63) is 57.6 Å². The summed E-state index contributed by atoms with van der Waals surface area (Å²) in [7, 11) is 0. The number of benzene rings is 2. The van der Waals surface area contributed by atoms with Gasteiger partial charge < -0.3 is 10.4 Å². The molecule has 0 aromatic heterocycles. The third-order valence-electron chi connectivity index (χ3n) is 2.53. The summed E-state index contributed by atoms with van der Waals surface area (Å²) in [6, 6.07) is 9.56. The minimum atomic E-state index is -0.386. The van der Waals surface area contributed by atoms with Gasteiger partial charge in [0.1, 0.15) is 5.75 Å². The Labute approximate surface area is 120 Å². The van der Waals surface area contributed by atoms with Crippen LogP contribution in [0.3, 0.4) is 0 Å². The smallest absolute Gasteiger partial charge is 0.255 e. The quantitative estimate of drug-likeness (QED) is 0.813. The van der Waals surface area contributed by atoms with Crippen molar-refractivity contribution < 1.29 is 9.90 Å². The highest BCUT2D eigenvalue weighted by atomic mass is 35.5. The van der Waals surface area contributed by atoms with Crippen molar-refractivity contribution in [3.8, 4) is 5.75 Å². The molecule has 0 bridgehead atoms. The monoisotopic (exact) mass is 295 g/mol. The first kappa shape index (κ1) is 13.7. The maximum Gasteiger partial charge on any atom is 0.255 e. The molecule has 0 spiro atoms. The number of carbonyl (C=O) groups is 1. The van der Waals surface area contributed by atoms with E-state index in [1.807, 2.05) is 6.92 Å². The fourth-order valence-corrected chi connectivity index (χ4v) is 2.15. The lowest BCUT2D eigenvalue weighted by Crippen LogP contribution is -2.12. The number of phenols is 1. The molecule has 0 aliphatic carbocycles. The second-order valence-corrected chi connectivity index (χ2v) is 5.01. The predicted octanol–water partition coefficient (Wildman–Crippen LogP) is 4.26. The summed E-state index contributed by atoms with van der Waals surface area (Å²) >= 11 is 11.7. The van der Waals surface area contributed by atoms with Gasteiger partial charge in [0.25, 0.3) is 5.91 Å². The van der Waals surface area contributed by atoms with Crippen LogP contribution in [0.15, 0.2) is 36.4 Å². The highest BCUT2D eigenvalue weighted by Crippen LogP contribution is 2.25. The zero-order valence-electron chi connectivity index (χ0n) is 10.1. The van der Waals surface area contributed by atoms with E-state index in [4.69, 9.17) is 23.2 Å². The highest BCUT2D eigenvalue weighted by Gasteiger charge is 2.10. The lowest BCUT2D eigenvalue weighted by Gasteiger charge is -2.08. The minimum absolute atomic E-state index is 0.0153. The summed E-state index contributed by atoms with van der Waals surface area (Å²) in [6.45, 7) is 1.85. The molecule has 0 unspecified atom stereocenters. The molecule has 0 aliphatic heterocycles. The molecule has 0 aliphatic rings. The first-order valence-corrected chi connectivity index (χ1v) is 6.28. The van der Waals surface area contributed by atoms with E-state index >= 15 is 0 Å². The number of phenolic OH excluding ortho intramolecular Hbond substituents is 1. The Hall–Kier alpha value is -1.71. The van der Waals surface area contributed by atoms with Gasteiger partial charge in [-0.1, -0.05) is 29.3 Å². The van der Waals surface area contributed by atoms with Gasteiger partial charge in [-0.25, -0.2) is 0 Å².